The van der Waals surface area contributed by atoms with Crippen LogP contribution in [0.5, 0.6) is 0 Å². The molecule has 0 aromatic heterocycles. The fourth-order valence-corrected chi connectivity index (χ4v) is 2.28. The third-order valence-electron chi connectivity index (χ3n) is 3.55. The smallest absolute Gasteiger partial charge is 0.229 e. The number of nitrogens with one attached hydrogen (secondary N) is 1. The van der Waals surface area contributed by atoms with Gasteiger partial charge in [-0.15, -0.1) is 0 Å². The second-order valence-electron chi connectivity index (χ2n) is 5.52. The number of imide groups is 1. The summed E-state index contributed by atoms with van der Waals surface area (Å²) in [5.74, 6) is -0.172. The fraction of sp³-hybridized carbons (Fsp3) is 0.438. The van der Waals surface area contributed by atoms with Crippen LogP contribution in [0.2, 0.25) is 0 Å². The van der Waals surface area contributed by atoms with E-state index in [9.17, 15) is 14.4 Å². The lowest BCUT2D eigenvalue weighted by Crippen LogP contribution is -2.32. The van der Waals surface area contributed by atoms with Crippen molar-refractivity contribution in [2.24, 2.45) is 0 Å². The van der Waals surface area contributed by atoms with E-state index in [0.717, 1.165) is 11.3 Å². The average molecular weight is 288 g/mol. The van der Waals surface area contributed by atoms with Crippen molar-refractivity contribution in [3.8, 4) is 0 Å². The zero-order chi connectivity index (χ0) is 15.4. The Morgan fingerprint density at radius 3 is 2.52 bits per heavy atom. The van der Waals surface area contributed by atoms with Crippen molar-refractivity contribution in [3.63, 3.8) is 0 Å². The van der Waals surface area contributed by atoms with Gasteiger partial charge < -0.3 is 5.32 Å². The quantitative estimate of drug-likeness (QED) is 0.845. The Morgan fingerprint density at radius 2 is 1.90 bits per heavy atom. The second-order valence-corrected chi connectivity index (χ2v) is 5.52. The summed E-state index contributed by atoms with van der Waals surface area (Å²) in [6.07, 6.45) is 0.650. The molecule has 1 aliphatic heterocycles. The van der Waals surface area contributed by atoms with E-state index in [1.807, 2.05) is 24.3 Å². The molecule has 0 unspecified atom stereocenters. The minimum absolute atomic E-state index is 0.128. The first kappa shape index (κ1) is 15.2. The number of carbonyl (C=O) groups is 3. The van der Waals surface area contributed by atoms with Crippen LogP contribution in [0.15, 0.2) is 24.3 Å². The number of carbonyl (C=O) groups excluding carboxylic acids is 3. The number of rotatable bonds is 5. The standard InChI is InChI=1S/C16H20N2O3/c1-11(2)12-4-3-5-13(10-12)17-14(19)8-9-18-15(20)6-7-16(18)21/h3-5,10-11H,6-9H2,1-2H3,(H,17,19). The molecule has 0 saturated carbocycles. The average Bonchev–Trinajstić information content (AvgIpc) is 2.76. The van der Waals surface area contributed by atoms with Crippen LogP contribution in [0.3, 0.4) is 0 Å². The number of anilines is 1. The summed E-state index contributed by atoms with van der Waals surface area (Å²) in [4.78, 5) is 36.0. The number of hydrogen-bond donors (Lipinski definition) is 1. The lowest BCUT2D eigenvalue weighted by molar-refractivity contribution is -0.138. The molecule has 0 radical (unpaired) electrons. The zero-order valence-electron chi connectivity index (χ0n) is 12.4. The van der Waals surface area contributed by atoms with Gasteiger partial charge in [0.1, 0.15) is 0 Å². The maximum Gasteiger partial charge on any atom is 0.229 e. The minimum atomic E-state index is -0.191. The largest absolute Gasteiger partial charge is 0.326 e. The van der Waals surface area contributed by atoms with Gasteiger partial charge in [0.2, 0.25) is 17.7 Å². The number of hydrogen-bond acceptors (Lipinski definition) is 3. The Hall–Kier alpha value is -2.17. The molecular weight excluding hydrogens is 268 g/mol. The van der Waals surface area contributed by atoms with Gasteiger partial charge in [-0.3, -0.25) is 19.3 Å². The molecule has 21 heavy (non-hydrogen) atoms. The maximum atomic E-state index is 11.9. The Kier molecular flexibility index (Phi) is 4.73. The third-order valence-corrected chi connectivity index (χ3v) is 3.55. The first-order valence-corrected chi connectivity index (χ1v) is 7.20. The van der Waals surface area contributed by atoms with Gasteiger partial charge >= 0.3 is 0 Å². The second kappa shape index (κ2) is 6.52. The fourth-order valence-electron chi connectivity index (χ4n) is 2.28. The lowest BCUT2D eigenvalue weighted by Gasteiger charge is -2.14. The van der Waals surface area contributed by atoms with Gasteiger partial charge in [0.25, 0.3) is 0 Å². The summed E-state index contributed by atoms with van der Waals surface area (Å²) in [7, 11) is 0. The molecule has 0 bridgehead atoms. The van der Waals surface area contributed by atoms with Gasteiger partial charge in [-0.1, -0.05) is 26.0 Å². The summed E-state index contributed by atoms with van der Waals surface area (Å²) in [6, 6.07) is 7.69. The number of nitrogens with zero attached hydrogens (tertiary/aromatic N) is 1. The molecule has 5 nitrogen and oxygen atoms in total. The summed E-state index contributed by atoms with van der Waals surface area (Å²) in [5, 5.41) is 2.80. The van der Waals surface area contributed by atoms with E-state index < -0.39 is 0 Å². The number of likely N-dealkylation sites (tertiary alicyclic amines) is 1. The Labute approximate surface area is 124 Å². The molecule has 1 saturated heterocycles. The van der Waals surface area contributed by atoms with Crippen LogP contribution in [0, 0.1) is 0 Å². The Bertz CT molecular complexity index is 550. The van der Waals surface area contributed by atoms with Crippen molar-refractivity contribution in [1.29, 1.82) is 0 Å². The van der Waals surface area contributed by atoms with Crippen molar-refractivity contribution in [2.75, 3.05) is 11.9 Å². The Balaban J connectivity index is 1.88. The zero-order valence-corrected chi connectivity index (χ0v) is 12.4. The summed E-state index contributed by atoms with van der Waals surface area (Å²) >= 11 is 0. The van der Waals surface area contributed by atoms with Gasteiger partial charge in [0, 0.05) is 31.5 Å². The summed E-state index contributed by atoms with van der Waals surface area (Å²) < 4.78 is 0. The van der Waals surface area contributed by atoms with E-state index in [2.05, 4.69) is 19.2 Å². The van der Waals surface area contributed by atoms with Crippen molar-refractivity contribution in [1.82, 2.24) is 4.90 Å². The molecule has 112 valence electrons. The molecule has 5 heteroatoms. The van der Waals surface area contributed by atoms with E-state index in [1.54, 1.807) is 0 Å². The molecule has 0 spiro atoms. The molecule has 0 atom stereocenters. The predicted octanol–water partition coefficient (Wildman–Crippen LogP) is 2.29. The molecule has 1 aromatic rings. The van der Waals surface area contributed by atoms with Crippen LogP contribution in [0.4, 0.5) is 5.69 Å². The highest BCUT2D eigenvalue weighted by Gasteiger charge is 2.28. The number of benzene rings is 1. The van der Waals surface area contributed by atoms with E-state index in [4.69, 9.17) is 0 Å². The van der Waals surface area contributed by atoms with Crippen molar-refractivity contribution < 1.29 is 14.4 Å². The van der Waals surface area contributed by atoms with Gasteiger partial charge in [-0.2, -0.15) is 0 Å². The normalized spacial score (nSPS) is 14.9. The highest BCUT2D eigenvalue weighted by Crippen LogP contribution is 2.19. The van der Waals surface area contributed by atoms with Gasteiger partial charge in [0.15, 0.2) is 0 Å². The molecule has 2 rings (SSSR count). The van der Waals surface area contributed by atoms with Crippen LogP contribution in [0.25, 0.3) is 0 Å². The molecule has 1 aliphatic rings. The molecule has 1 heterocycles. The highest BCUT2D eigenvalue weighted by atomic mass is 16.2. The molecule has 3 amide bonds. The summed E-state index contributed by atoms with van der Waals surface area (Å²) in [5.41, 5.74) is 1.89. The third kappa shape index (κ3) is 3.90. The van der Waals surface area contributed by atoms with E-state index in [0.29, 0.717) is 5.92 Å². The van der Waals surface area contributed by atoms with Crippen LogP contribution in [-0.2, 0) is 14.4 Å². The van der Waals surface area contributed by atoms with Crippen molar-refractivity contribution in [2.45, 2.75) is 39.0 Å². The van der Waals surface area contributed by atoms with E-state index in [1.165, 1.54) is 4.90 Å². The van der Waals surface area contributed by atoms with Crippen LogP contribution in [0.1, 0.15) is 44.6 Å². The first-order chi connectivity index (χ1) is 9.97. The summed E-state index contributed by atoms with van der Waals surface area (Å²) in [6.45, 7) is 4.34. The van der Waals surface area contributed by atoms with E-state index in [-0.39, 0.29) is 43.5 Å². The first-order valence-electron chi connectivity index (χ1n) is 7.20. The van der Waals surface area contributed by atoms with Crippen LogP contribution in [-0.4, -0.2) is 29.2 Å². The van der Waals surface area contributed by atoms with Gasteiger partial charge in [0.05, 0.1) is 0 Å². The van der Waals surface area contributed by atoms with Crippen LogP contribution < -0.4 is 5.32 Å². The molecule has 0 aliphatic carbocycles. The van der Waals surface area contributed by atoms with Gasteiger partial charge in [-0.05, 0) is 23.6 Å². The van der Waals surface area contributed by atoms with Crippen molar-refractivity contribution in [3.05, 3.63) is 29.8 Å². The van der Waals surface area contributed by atoms with E-state index >= 15 is 0 Å². The van der Waals surface area contributed by atoms with Crippen molar-refractivity contribution >= 4 is 23.4 Å². The minimum Gasteiger partial charge on any atom is -0.326 e. The van der Waals surface area contributed by atoms with Gasteiger partial charge in [-0.25, -0.2) is 0 Å². The van der Waals surface area contributed by atoms with Crippen LogP contribution >= 0.6 is 0 Å². The predicted molar refractivity (Wildman–Crippen MR) is 79.7 cm³/mol. The monoisotopic (exact) mass is 288 g/mol. The maximum absolute atomic E-state index is 11.9. The number of amides is 3. The molecule has 1 aromatic carbocycles. The SMILES string of the molecule is CC(C)c1cccc(NC(=O)CCN2C(=O)CCC2=O)c1. The topological polar surface area (TPSA) is 66.5 Å². The molecule has 1 N–H and O–H groups in total. The molecule has 1 fully saturated rings. The lowest BCUT2D eigenvalue weighted by atomic mass is 10.0. The highest BCUT2D eigenvalue weighted by molar-refractivity contribution is 6.02. The molecular formula is C16H20N2O3. The Morgan fingerprint density at radius 1 is 1.24 bits per heavy atom.